The van der Waals surface area contributed by atoms with Crippen LogP contribution in [-0.2, 0) is 15.8 Å². The van der Waals surface area contributed by atoms with Crippen molar-refractivity contribution in [1.29, 1.82) is 0 Å². The minimum absolute atomic E-state index is 0.0792. The van der Waals surface area contributed by atoms with Crippen molar-refractivity contribution in [2.24, 2.45) is 0 Å². The number of hydrogen-bond donors (Lipinski definition) is 0. The van der Waals surface area contributed by atoms with Crippen molar-refractivity contribution in [1.82, 2.24) is 15.1 Å². The van der Waals surface area contributed by atoms with Crippen molar-refractivity contribution in [3.8, 4) is 23.0 Å². The van der Waals surface area contributed by atoms with Gasteiger partial charge in [0.1, 0.15) is 23.0 Å². The minimum Gasteiger partial charge on any atom is -0.457 e. The van der Waals surface area contributed by atoms with Crippen LogP contribution in [0, 0.1) is 5.82 Å². The zero-order valence-corrected chi connectivity index (χ0v) is 15.7. The van der Waals surface area contributed by atoms with Gasteiger partial charge in [0, 0.05) is 17.7 Å². The van der Waals surface area contributed by atoms with Crippen LogP contribution < -0.4 is 4.74 Å². The maximum absolute atomic E-state index is 15.0. The summed E-state index contributed by atoms with van der Waals surface area (Å²) in [5.74, 6) is 0.956. The third-order valence-corrected chi connectivity index (χ3v) is 4.35. The predicted octanol–water partition coefficient (Wildman–Crippen LogP) is 4.56. The Bertz CT molecular complexity index is 993. The number of nitrogens with zero attached hydrogens (tertiary/aromatic N) is 3. The van der Waals surface area contributed by atoms with Crippen LogP contribution in [0.4, 0.5) is 8.78 Å². The fraction of sp³-hybridized carbons (Fsp3) is 0.350. The van der Waals surface area contributed by atoms with E-state index in [9.17, 15) is 4.39 Å². The van der Waals surface area contributed by atoms with Gasteiger partial charge >= 0.3 is 0 Å². The molecule has 2 aromatic heterocycles. The molecule has 0 bridgehead atoms. The highest BCUT2D eigenvalue weighted by Crippen LogP contribution is 2.41. The summed E-state index contributed by atoms with van der Waals surface area (Å²) in [6.07, 6.45) is 1.39. The molecule has 0 N–H and O–H groups in total. The van der Waals surface area contributed by atoms with Gasteiger partial charge < -0.3 is 14.0 Å². The average Bonchev–Trinajstić information content (AvgIpc) is 3.12. The van der Waals surface area contributed by atoms with E-state index < -0.39 is 5.67 Å². The van der Waals surface area contributed by atoms with Crippen molar-refractivity contribution in [2.75, 3.05) is 13.2 Å². The van der Waals surface area contributed by atoms with Gasteiger partial charge in [-0.25, -0.2) is 8.78 Å². The standard InChI is InChI=1S/C20H19F2N3O3/c1-19(2,3)18-24-17(25-28-18)15-8-16(27-13-6-4-12(21)5-7-13)14(9-23-15)20(22)10-26-11-20/h4-9H,10-11H2,1-3H3. The van der Waals surface area contributed by atoms with Crippen molar-refractivity contribution < 1.29 is 22.8 Å². The molecule has 28 heavy (non-hydrogen) atoms. The fourth-order valence-corrected chi connectivity index (χ4v) is 2.68. The van der Waals surface area contributed by atoms with Crippen LogP contribution in [0.1, 0.15) is 32.2 Å². The van der Waals surface area contributed by atoms with E-state index in [1.165, 1.54) is 30.5 Å². The summed E-state index contributed by atoms with van der Waals surface area (Å²) in [6.45, 7) is 5.70. The number of pyridine rings is 1. The molecular formula is C20H19F2N3O3. The first kappa shape index (κ1) is 18.5. The van der Waals surface area contributed by atoms with Gasteiger partial charge in [0.25, 0.3) is 0 Å². The molecule has 8 heteroatoms. The van der Waals surface area contributed by atoms with Gasteiger partial charge in [-0.2, -0.15) is 4.98 Å². The monoisotopic (exact) mass is 387 g/mol. The third kappa shape index (κ3) is 3.47. The highest BCUT2D eigenvalue weighted by Gasteiger charge is 2.43. The molecule has 3 heterocycles. The lowest BCUT2D eigenvalue weighted by Gasteiger charge is -2.34. The smallest absolute Gasteiger partial charge is 0.232 e. The number of benzene rings is 1. The van der Waals surface area contributed by atoms with E-state index in [-0.39, 0.29) is 41.6 Å². The first-order valence-corrected chi connectivity index (χ1v) is 8.80. The maximum atomic E-state index is 15.0. The summed E-state index contributed by atoms with van der Waals surface area (Å²) in [5, 5.41) is 3.97. The average molecular weight is 387 g/mol. The second-order valence-corrected chi connectivity index (χ2v) is 7.75. The number of rotatable bonds is 4. The second-order valence-electron chi connectivity index (χ2n) is 7.75. The molecule has 0 amide bonds. The summed E-state index contributed by atoms with van der Waals surface area (Å²) in [7, 11) is 0. The van der Waals surface area contributed by atoms with E-state index in [2.05, 4.69) is 15.1 Å². The molecule has 1 fully saturated rings. The lowest BCUT2D eigenvalue weighted by Crippen LogP contribution is -2.42. The summed E-state index contributed by atoms with van der Waals surface area (Å²) in [5.41, 5.74) is -1.37. The van der Waals surface area contributed by atoms with Gasteiger partial charge in [-0.1, -0.05) is 25.9 Å². The number of alkyl halides is 1. The van der Waals surface area contributed by atoms with Gasteiger partial charge in [0.05, 0.1) is 18.8 Å². The number of halogens is 2. The molecule has 1 saturated heterocycles. The van der Waals surface area contributed by atoms with E-state index in [0.29, 0.717) is 17.3 Å². The zero-order chi connectivity index (χ0) is 19.9. The first-order chi connectivity index (χ1) is 13.2. The molecule has 0 aliphatic carbocycles. The summed E-state index contributed by atoms with van der Waals surface area (Å²) < 4.78 is 44.3. The number of ether oxygens (including phenoxy) is 2. The number of aromatic nitrogens is 3. The molecule has 0 atom stereocenters. The van der Waals surface area contributed by atoms with Crippen LogP contribution in [0.25, 0.3) is 11.5 Å². The van der Waals surface area contributed by atoms with E-state index in [1.54, 1.807) is 6.07 Å². The molecule has 3 aromatic rings. The van der Waals surface area contributed by atoms with E-state index in [1.807, 2.05) is 20.8 Å². The van der Waals surface area contributed by atoms with Crippen LogP contribution in [-0.4, -0.2) is 28.3 Å². The Hall–Kier alpha value is -2.87. The largest absolute Gasteiger partial charge is 0.457 e. The topological polar surface area (TPSA) is 70.3 Å². The summed E-state index contributed by atoms with van der Waals surface area (Å²) in [4.78, 5) is 8.66. The molecule has 0 spiro atoms. The van der Waals surface area contributed by atoms with Gasteiger partial charge in [-0.3, -0.25) is 4.98 Å². The van der Waals surface area contributed by atoms with Crippen LogP contribution in [0.2, 0.25) is 0 Å². The van der Waals surface area contributed by atoms with Crippen molar-refractivity contribution in [2.45, 2.75) is 31.9 Å². The highest BCUT2D eigenvalue weighted by molar-refractivity contribution is 5.55. The van der Waals surface area contributed by atoms with Crippen LogP contribution in [0.5, 0.6) is 11.5 Å². The summed E-state index contributed by atoms with van der Waals surface area (Å²) >= 11 is 0. The van der Waals surface area contributed by atoms with E-state index in [4.69, 9.17) is 14.0 Å². The van der Waals surface area contributed by atoms with Crippen LogP contribution in [0.3, 0.4) is 0 Å². The molecule has 0 radical (unpaired) electrons. The Kier molecular flexibility index (Phi) is 4.38. The molecule has 0 unspecified atom stereocenters. The highest BCUT2D eigenvalue weighted by atomic mass is 19.1. The van der Waals surface area contributed by atoms with Gasteiger partial charge in [-0.15, -0.1) is 0 Å². The lowest BCUT2D eigenvalue weighted by molar-refractivity contribution is -0.136. The lowest BCUT2D eigenvalue weighted by atomic mass is 9.94. The molecule has 1 aliphatic heterocycles. The second kappa shape index (κ2) is 6.63. The first-order valence-electron chi connectivity index (χ1n) is 8.80. The van der Waals surface area contributed by atoms with Crippen molar-refractivity contribution >= 4 is 0 Å². The van der Waals surface area contributed by atoms with E-state index >= 15 is 4.39 Å². The Morgan fingerprint density at radius 2 is 1.86 bits per heavy atom. The Balaban J connectivity index is 1.73. The minimum atomic E-state index is -1.69. The normalized spacial score (nSPS) is 15.9. The molecular weight excluding hydrogens is 368 g/mol. The predicted molar refractivity (Wildman–Crippen MR) is 96.3 cm³/mol. The Morgan fingerprint density at radius 3 is 2.43 bits per heavy atom. The SMILES string of the molecule is CC(C)(C)c1nc(-c2cc(Oc3ccc(F)cc3)c(C3(F)COC3)cn2)no1. The third-order valence-electron chi connectivity index (χ3n) is 4.35. The van der Waals surface area contributed by atoms with Gasteiger partial charge in [0.2, 0.25) is 11.7 Å². The van der Waals surface area contributed by atoms with Crippen LogP contribution in [0.15, 0.2) is 41.1 Å². The fourth-order valence-electron chi connectivity index (χ4n) is 2.68. The van der Waals surface area contributed by atoms with Gasteiger partial charge in [-0.05, 0) is 24.3 Å². The quantitative estimate of drug-likeness (QED) is 0.654. The number of hydrogen-bond acceptors (Lipinski definition) is 6. The molecule has 4 rings (SSSR count). The zero-order valence-electron chi connectivity index (χ0n) is 15.7. The molecule has 1 aromatic carbocycles. The van der Waals surface area contributed by atoms with E-state index in [0.717, 1.165) is 0 Å². The van der Waals surface area contributed by atoms with Crippen molar-refractivity contribution in [3.05, 3.63) is 53.8 Å². The molecule has 146 valence electrons. The maximum Gasteiger partial charge on any atom is 0.232 e. The Morgan fingerprint density at radius 1 is 1.14 bits per heavy atom. The van der Waals surface area contributed by atoms with Gasteiger partial charge in [0.15, 0.2) is 5.67 Å². The molecule has 6 nitrogen and oxygen atoms in total. The van der Waals surface area contributed by atoms with Crippen LogP contribution >= 0.6 is 0 Å². The summed E-state index contributed by atoms with van der Waals surface area (Å²) in [6, 6.07) is 7.02. The Labute approximate surface area is 160 Å². The molecule has 1 aliphatic rings. The molecule has 0 saturated carbocycles. The van der Waals surface area contributed by atoms with Crippen molar-refractivity contribution in [3.63, 3.8) is 0 Å².